The summed E-state index contributed by atoms with van der Waals surface area (Å²) in [4.78, 5) is 19.0. The van der Waals surface area contributed by atoms with Crippen LogP contribution in [0.2, 0.25) is 5.02 Å². The summed E-state index contributed by atoms with van der Waals surface area (Å²) >= 11 is 7.11. The van der Waals surface area contributed by atoms with E-state index >= 15 is 0 Å². The van der Waals surface area contributed by atoms with E-state index in [4.69, 9.17) is 18.0 Å². The maximum Gasteiger partial charge on any atom is 0.263 e. The van der Waals surface area contributed by atoms with E-state index in [0.717, 1.165) is 49.3 Å². The number of nitrogens with one attached hydrogen (secondary N) is 1. The van der Waals surface area contributed by atoms with Crippen molar-refractivity contribution in [3.63, 3.8) is 0 Å². The molecule has 1 amide bonds. The molecule has 0 aliphatic carbocycles. The zero-order chi connectivity index (χ0) is 23.6. The SMILES string of the molecule is C#CC(C)(c1ccc(Cl)cc1)c1csc(NC(=O)c2c(F)cc(N3CCCCC3)cc2F)n1. The van der Waals surface area contributed by atoms with Gasteiger partial charge in [0.2, 0.25) is 0 Å². The number of carbonyl (C=O) groups is 1. The summed E-state index contributed by atoms with van der Waals surface area (Å²) in [5.41, 5.74) is 0.295. The Morgan fingerprint density at radius 3 is 2.42 bits per heavy atom. The number of anilines is 2. The second kappa shape index (κ2) is 9.50. The van der Waals surface area contributed by atoms with Gasteiger partial charge in [-0.1, -0.05) is 29.7 Å². The van der Waals surface area contributed by atoms with Crippen molar-refractivity contribution in [3.05, 3.63) is 75.3 Å². The number of hydrogen-bond donors (Lipinski definition) is 1. The lowest BCUT2D eigenvalue weighted by Crippen LogP contribution is -2.30. The normalized spacial score (nSPS) is 15.5. The number of carbonyl (C=O) groups excluding carboxylic acids is 1. The van der Waals surface area contributed by atoms with Gasteiger partial charge in [0.05, 0.1) is 11.1 Å². The molecule has 33 heavy (non-hydrogen) atoms. The summed E-state index contributed by atoms with van der Waals surface area (Å²) in [7, 11) is 0. The van der Waals surface area contributed by atoms with Crippen molar-refractivity contribution >= 4 is 39.7 Å². The second-order valence-corrected chi connectivity index (χ2v) is 9.39. The van der Waals surface area contributed by atoms with E-state index in [2.05, 4.69) is 16.2 Å². The lowest BCUT2D eigenvalue weighted by Gasteiger charge is -2.29. The van der Waals surface area contributed by atoms with Gasteiger partial charge in [-0.2, -0.15) is 0 Å². The summed E-state index contributed by atoms with van der Waals surface area (Å²) < 4.78 is 29.5. The van der Waals surface area contributed by atoms with Crippen LogP contribution in [-0.4, -0.2) is 24.0 Å². The Kier molecular flexibility index (Phi) is 6.68. The zero-order valence-electron chi connectivity index (χ0n) is 18.0. The Labute approximate surface area is 200 Å². The van der Waals surface area contributed by atoms with Gasteiger partial charge >= 0.3 is 0 Å². The van der Waals surface area contributed by atoms with E-state index < -0.39 is 28.5 Å². The highest BCUT2D eigenvalue weighted by molar-refractivity contribution is 7.14. The van der Waals surface area contributed by atoms with E-state index in [1.165, 1.54) is 12.1 Å². The van der Waals surface area contributed by atoms with E-state index in [1.807, 2.05) is 24.0 Å². The lowest BCUT2D eigenvalue weighted by molar-refractivity contribution is 0.101. The van der Waals surface area contributed by atoms with Gasteiger partial charge in [0.1, 0.15) is 17.2 Å². The molecule has 2 aromatic carbocycles. The summed E-state index contributed by atoms with van der Waals surface area (Å²) in [6.45, 7) is 3.32. The van der Waals surface area contributed by atoms with Gasteiger partial charge in [-0.05, 0) is 56.0 Å². The molecule has 1 aliphatic heterocycles. The van der Waals surface area contributed by atoms with E-state index in [1.54, 1.807) is 17.5 Å². The molecule has 2 heterocycles. The predicted molar refractivity (Wildman–Crippen MR) is 129 cm³/mol. The maximum atomic E-state index is 14.7. The molecule has 1 fully saturated rings. The summed E-state index contributed by atoms with van der Waals surface area (Å²) in [6, 6.07) is 9.53. The van der Waals surface area contributed by atoms with Crippen molar-refractivity contribution in [1.82, 2.24) is 4.98 Å². The molecule has 8 heteroatoms. The smallest absolute Gasteiger partial charge is 0.263 e. The highest BCUT2D eigenvalue weighted by Crippen LogP contribution is 2.34. The van der Waals surface area contributed by atoms with Crippen molar-refractivity contribution < 1.29 is 13.6 Å². The number of aromatic nitrogens is 1. The average Bonchev–Trinajstić information content (AvgIpc) is 3.28. The minimum atomic E-state index is -0.903. The van der Waals surface area contributed by atoms with Crippen LogP contribution in [0.3, 0.4) is 0 Å². The quantitative estimate of drug-likeness (QED) is 0.434. The Hall–Kier alpha value is -2.95. The molecule has 0 spiro atoms. The van der Waals surface area contributed by atoms with Gasteiger partial charge in [-0.15, -0.1) is 17.8 Å². The number of rotatable bonds is 5. The molecule has 0 radical (unpaired) electrons. The number of terminal acetylenes is 1. The van der Waals surface area contributed by atoms with Gasteiger partial charge < -0.3 is 4.90 Å². The topological polar surface area (TPSA) is 45.2 Å². The molecule has 1 aliphatic rings. The van der Waals surface area contributed by atoms with Crippen LogP contribution in [0.15, 0.2) is 41.8 Å². The highest BCUT2D eigenvalue weighted by Gasteiger charge is 2.30. The number of hydrogen-bond acceptors (Lipinski definition) is 4. The van der Waals surface area contributed by atoms with E-state index in [0.29, 0.717) is 16.4 Å². The number of piperidine rings is 1. The molecule has 1 atom stereocenters. The Balaban J connectivity index is 1.55. The van der Waals surface area contributed by atoms with Crippen LogP contribution in [0.4, 0.5) is 19.6 Å². The monoisotopic (exact) mass is 485 g/mol. The average molecular weight is 486 g/mol. The number of thiazole rings is 1. The number of benzene rings is 2. The molecular weight excluding hydrogens is 464 g/mol. The molecule has 170 valence electrons. The van der Waals surface area contributed by atoms with Gasteiger partial charge in [-0.3, -0.25) is 10.1 Å². The van der Waals surface area contributed by atoms with Crippen LogP contribution in [0.25, 0.3) is 0 Å². The van der Waals surface area contributed by atoms with Gasteiger partial charge in [-0.25, -0.2) is 13.8 Å². The molecular formula is C25H22ClF2N3OS. The van der Waals surface area contributed by atoms with Crippen LogP contribution in [0.1, 0.15) is 47.8 Å². The Morgan fingerprint density at radius 1 is 1.18 bits per heavy atom. The molecule has 1 unspecified atom stereocenters. The first-order valence-electron chi connectivity index (χ1n) is 10.6. The largest absolute Gasteiger partial charge is 0.371 e. The van der Waals surface area contributed by atoms with Gasteiger partial charge in [0.25, 0.3) is 5.91 Å². The molecule has 0 bridgehead atoms. The van der Waals surface area contributed by atoms with Crippen LogP contribution >= 0.6 is 22.9 Å². The van der Waals surface area contributed by atoms with E-state index in [-0.39, 0.29) is 5.13 Å². The van der Waals surface area contributed by atoms with Crippen LogP contribution < -0.4 is 10.2 Å². The standard InChI is InChI=1S/C25H22ClF2N3OS/c1-3-25(2,16-7-9-17(26)10-8-16)21-15-33-24(29-21)30-23(32)22-19(27)13-18(14-20(22)28)31-11-5-4-6-12-31/h1,7-10,13-15H,4-6,11-12H2,2H3,(H,29,30,32). The minimum absolute atomic E-state index is 0.198. The van der Waals surface area contributed by atoms with Crippen molar-refractivity contribution in [2.45, 2.75) is 31.6 Å². The van der Waals surface area contributed by atoms with Crippen molar-refractivity contribution in [3.8, 4) is 12.3 Å². The zero-order valence-corrected chi connectivity index (χ0v) is 19.6. The van der Waals surface area contributed by atoms with Gasteiger partial charge in [0.15, 0.2) is 5.13 Å². The number of halogens is 3. The first-order chi connectivity index (χ1) is 15.8. The van der Waals surface area contributed by atoms with E-state index in [9.17, 15) is 13.6 Å². The van der Waals surface area contributed by atoms with Crippen LogP contribution in [-0.2, 0) is 5.41 Å². The molecule has 3 aromatic rings. The van der Waals surface area contributed by atoms with Gasteiger partial charge in [0, 0.05) is 29.2 Å². The minimum Gasteiger partial charge on any atom is -0.371 e. The molecule has 4 nitrogen and oxygen atoms in total. The third-order valence-corrected chi connectivity index (χ3v) is 6.93. The fourth-order valence-corrected chi connectivity index (χ4v) is 4.86. The summed E-state index contributed by atoms with van der Waals surface area (Å²) in [6.07, 6.45) is 8.88. The molecule has 1 aromatic heterocycles. The fraction of sp³-hybridized carbons (Fsp3) is 0.280. The Bertz CT molecular complexity index is 1190. The molecule has 4 rings (SSSR count). The molecule has 1 N–H and O–H groups in total. The predicted octanol–water partition coefficient (Wildman–Crippen LogP) is 6.26. The third kappa shape index (κ3) is 4.73. The van der Waals surface area contributed by atoms with Crippen molar-refractivity contribution in [1.29, 1.82) is 0 Å². The Morgan fingerprint density at radius 2 is 1.82 bits per heavy atom. The van der Waals surface area contributed by atoms with Crippen LogP contribution in [0, 0.1) is 24.0 Å². The third-order valence-electron chi connectivity index (χ3n) is 5.92. The number of nitrogens with zero attached hydrogens (tertiary/aromatic N) is 2. The maximum absolute atomic E-state index is 14.7. The highest BCUT2D eigenvalue weighted by atomic mass is 35.5. The fourth-order valence-electron chi connectivity index (χ4n) is 3.92. The lowest BCUT2D eigenvalue weighted by atomic mass is 9.81. The summed E-state index contributed by atoms with van der Waals surface area (Å²) in [5, 5.41) is 5.00. The first kappa shape index (κ1) is 23.2. The van der Waals surface area contributed by atoms with Crippen LogP contribution in [0.5, 0.6) is 0 Å². The summed E-state index contributed by atoms with van der Waals surface area (Å²) in [5.74, 6) is 0.0435. The molecule has 0 saturated carbocycles. The van der Waals surface area contributed by atoms with Crippen molar-refractivity contribution in [2.75, 3.05) is 23.3 Å². The second-order valence-electron chi connectivity index (χ2n) is 8.10. The van der Waals surface area contributed by atoms with Crippen molar-refractivity contribution in [2.24, 2.45) is 0 Å². The molecule has 1 saturated heterocycles. The number of amides is 1. The first-order valence-corrected chi connectivity index (χ1v) is 11.8.